The smallest absolute Gasteiger partial charge is 0.339 e. The second-order valence-corrected chi connectivity index (χ2v) is 8.11. The van der Waals surface area contributed by atoms with Crippen LogP contribution in [0.3, 0.4) is 0 Å². The van der Waals surface area contributed by atoms with Gasteiger partial charge in [-0.1, -0.05) is 78.0 Å². The number of alkyl halides is 2. The van der Waals surface area contributed by atoms with Crippen molar-refractivity contribution in [3.05, 3.63) is 102 Å². The quantitative estimate of drug-likeness (QED) is 0.376. The Morgan fingerprint density at radius 3 is 2.13 bits per heavy atom. The molecule has 31 heavy (non-hydrogen) atoms. The fourth-order valence-corrected chi connectivity index (χ4v) is 3.53. The summed E-state index contributed by atoms with van der Waals surface area (Å²) in [4.78, 5) is 25.6. The highest BCUT2D eigenvalue weighted by Crippen LogP contribution is 2.35. The normalized spacial score (nSPS) is 12.1. The van der Waals surface area contributed by atoms with E-state index in [0.29, 0.717) is 22.2 Å². The first kappa shape index (κ1) is 22.5. The molecule has 0 heterocycles. The number of carbonyl (C=O) groups excluding carboxylic acids is 2. The van der Waals surface area contributed by atoms with Gasteiger partial charge in [-0.2, -0.15) is 8.78 Å². The Morgan fingerprint density at radius 1 is 0.935 bits per heavy atom. The van der Waals surface area contributed by atoms with Crippen LogP contribution in [0.4, 0.5) is 8.78 Å². The van der Waals surface area contributed by atoms with Crippen molar-refractivity contribution >= 4 is 23.6 Å². The molecule has 1 unspecified atom stereocenters. The molecule has 0 saturated heterocycles. The Balaban J connectivity index is 1.72. The van der Waals surface area contributed by atoms with Crippen LogP contribution >= 0.6 is 11.8 Å². The largest absolute Gasteiger partial charge is 0.444 e. The van der Waals surface area contributed by atoms with Gasteiger partial charge in [0.2, 0.25) is 6.10 Å². The van der Waals surface area contributed by atoms with E-state index in [1.807, 2.05) is 6.92 Å². The number of aryl methyl sites for hydroxylation is 1. The zero-order chi connectivity index (χ0) is 22.3. The maximum Gasteiger partial charge on any atom is 0.339 e. The van der Waals surface area contributed by atoms with Gasteiger partial charge in [0.15, 0.2) is 0 Å². The van der Waals surface area contributed by atoms with Crippen molar-refractivity contribution in [1.82, 2.24) is 5.32 Å². The second kappa shape index (κ2) is 10.2. The van der Waals surface area contributed by atoms with E-state index in [1.54, 1.807) is 84.9 Å². The molecule has 3 aromatic rings. The number of esters is 1. The molecular weight excluding hydrogens is 420 g/mol. The van der Waals surface area contributed by atoms with Crippen molar-refractivity contribution in [2.75, 3.05) is 6.54 Å². The molecule has 3 rings (SSSR count). The highest BCUT2D eigenvalue weighted by atomic mass is 32.2. The highest BCUT2D eigenvalue weighted by Gasteiger charge is 2.33. The van der Waals surface area contributed by atoms with Crippen LogP contribution in [0.1, 0.15) is 27.6 Å². The lowest BCUT2D eigenvalue weighted by Crippen LogP contribution is -2.38. The van der Waals surface area contributed by atoms with Gasteiger partial charge in [0.1, 0.15) is 0 Å². The molecule has 1 N–H and O–H groups in total. The lowest BCUT2D eigenvalue weighted by Gasteiger charge is -2.21. The van der Waals surface area contributed by atoms with E-state index < -0.39 is 29.8 Å². The SMILES string of the molecule is Cc1ccc(C(OC(=O)c2ccccc2)C(=O)NCC(F)(F)Sc2ccccc2)cc1. The van der Waals surface area contributed by atoms with E-state index in [1.165, 1.54) is 0 Å². The predicted octanol–water partition coefficient (Wildman–Crippen LogP) is 5.39. The van der Waals surface area contributed by atoms with Crippen LogP contribution in [0.2, 0.25) is 0 Å². The molecule has 0 aliphatic carbocycles. The minimum absolute atomic E-state index is 0.261. The zero-order valence-electron chi connectivity index (χ0n) is 16.8. The average Bonchev–Trinajstić information content (AvgIpc) is 2.77. The summed E-state index contributed by atoms with van der Waals surface area (Å²) >= 11 is 0.352. The first-order chi connectivity index (χ1) is 14.8. The molecule has 0 fully saturated rings. The number of hydrogen-bond donors (Lipinski definition) is 1. The van der Waals surface area contributed by atoms with E-state index in [-0.39, 0.29) is 5.56 Å². The number of nitrogens with one attached hydrogen (secondary N) is 1. The van der Waals surface area contributed by atoms with Gasteiger partial charge < -0.3 is 10.1 Å². The third-order valence-corrected chi connectivity index (χ3v) is 5.28. The maximum absolute atomic E-state index is 14.4. The molecule has 1 atom stereocenters. The van der Waals surface area contributed by atoms with Gasteiger partial charge in [0.05, 0.1) is 12.1 Å². The number of ether oxygens (including phenoxy) is 1. The summed E-state index contributed by atoms with van der Waals surface area (Å²) in [7, 11) is 0. The Labute approximate surface area is 183 Å². The molecule has 0 aliphatic heterocycles. The van der Waals surface area contributed by atoms with Gasteiger partial charge in [0, 0.05) is 10.5 Å². The zero-order valence-corrected chi connectivity index (χ0v) is 17.6. The molecule has 3 aromatic carbocycles. The molecule has 0 radical (unpaired) electrons. The van der Waals surface area contributed by atoms with Crippen molar-refractivity contribution in [3.8, 4) is 0 Å². The van der Waals surface area contributed by atoms with E-state index in [9.17, 15) is 18.4 Å². The van der Waals surface area contributed by atoms with E-state index in [2.05, 4.69) is 5.32 Å². The number of hydrogen-bond acceptors (Lipinski definition) is 4. The van der Waals surface area contributed by atoms with Crippen LogP contribution in [-0.2, 0) is 9.53 Å². The minimum Gasteiger partial charge on any atom is -0.444 e. The molecule has 1 amide bonds. The first-order valence-electron chi connectivity index (χ1n) is 9.56. The molecule has 0 aliphatic rings. The molecule has 0 spiro atoms. The van der Waals surface area contributed by atoms with Crippen molar-refractivity contribution in [3.63, 3.8) is 0 Å². The molecular formula is C24H21F2NO3S. The number of thioether (sulfide) groups is 1. The molecule has 4 nitrogen and oxygen atoms in total. The van der Waals surface area contributed by atoms with Crippen LogP contribution in [0.15, 0.2) is 89.8 Å². The second-order valence-electron chi connectivity index (χ2n) is 6.83. The van der Waals surface area contributed by atoms with Crippen LogP contribution < -0.4 is 5.32 Å². The van der Waals surface area contributed by atoms with Crippen molar-refractivity contribution in [1.29, 1.82) is 0 Å². The monoisotopic (exact) mass is 441 g/mol. The lowest BCUT2D eigenvalue weighted by molar-refractivity contribution is -0.131. The van der Waals surface area contributed by atoms with Crippen molar-refractivity contribution < 1.29 is 23.1 Å². The van der Waals surface area contributed by atoms with E-state index in [0.717, 1.165) is 5.56 Å². The Bertz CT molecular complexity index is 1010. The summed E-state index contributed by atoms with van der Waals surface area (Å²) in [5.74, 6) is -1.53. The molecule has 0 saturated carbocycles. The summed E-state index contributed by atoms with van der Waals surface area (Å²) in [6.45, 7) is 0.965. The number of carbonyl (C=O) groups is 2. The fraction of sp³-hybridized carbons (Fsp3) is 0.167. The molecule has 7 heteroatoms. The highest BCUT2D eigenvalue weighted by molar-refractivity contribution is 8.00. The van der Waals surface area contributed by atoms with Crippen molar-refractivity contribution in [2.24, 2.45) is 0 Å². The van der Waals surface area contributed by atoms with Gasteiger partial charge in [-0.3, -0.25) is 4.79 Å². The van der Waals surface area contributed by atoms with Crippen molar-refractivity contribution in [2.45, 2.75) is 23.2 Å². The summed E-state index contributed by atoms with van der Waals surface area (Å²) in [6.07, 6.45) is -1.36. The van der Waals surface area contributed by atoms with Gasteiger partial charge in [-0.25, -0.2) is 4.79 Å². The van der Waals surface area contributed by atoms with Crippen LogP contribution in [0, 0.1) is 6.92 Å². The Hall–Kier alpha value is -3.19. The minimum atomic E-state index is -3.24. The average molecular weight is 441 g/mol. The van der Waals surface area contributed by atoms with Crippen LogP contribution in [-0.4, -0.2) is 23.7 Å². The first-order valence-corrected chi connectivity index (χ1v) is 10.4. The van der Waals surface area contributed by atoms with Gasteiger partial charge in [0.25, 0.3) is 5.91 Å². The number of rotatable bonds is 8. The lowest BCUT2D eigenvalue weighted by atomic mass is 10.1. The van der Waals surface area contributed by atoms with E-state index >= 15 is 0 Å². The topological polar surface area (TPSA) is 55.4 Å². The summed E-state index contributed by atoms with van der Waals surface area (Å²) in [6, 6.07) is 23.1. The summed E-state index contributed by atoms with van der Waals surface area (Å²) < 4.78 is 34.1. The fourth-order valence-electron chi connectivity index (χ4n) is 2.74. The number of benzene rings is 3. The van der Waals surface area contributed by atoms with Gasteiger partial charge >= 0.3 is 11.2 Å². The van der Waals surface area contributed by atoms with E-state index in [4.69, 9.17) is 4.74 Å². The third-order valence-electron chi connectivity index (χ3n) is 4.33. The van der Waals surface area contributed by atoms with Crippen LogP contribution in [0.5, 0.6) is 0 Å². The number of halogens is 2. The molecule has 160 valence electrons. The molecule has 0 aromatic heterocycles. The third kappa shape index (κ3) is 6.65. The van der Waals surface area contributed by atoms with Gasteiger partial charge in [-0.05, 0) is 31.2 Å². The number of amides is 1. The standard InChI is InChI=1S/C24H21F2NO3S/c1-17-12-14-18(15-13-17)21(30-23(29)19-8-4-2-5-9-19)22(28)27-16-24(25,26)31-20-10-6-3-7-11-20/h2-15,21H,16H2,1H3,(H,27,28). The van der Waals surface area contributed by atoms with Gasteiger partial charge in [-0.15, -0.1) is 0 Å². The Morgan fingerprint density at radius 2 is 1.52 bits per heavy atom. The maximum atomic E-state index is 14.4. The Kier molecular flexibility index (Phi) is 7.41. The summed E-state index contributed by atoms with van der Waals surface area (Å²) in [5.41, 5.74) is 1.60. The summed E-state index contributed by atoms with van der Waals surface area (Å²) in [5, 5.41) is -1.01. The van der Waals surface area contributed by atoms with Crippen LogP contribution in [0.25, 0.3) is 0 Å². The predicted molar refractivity (Wildman–Crippen MR) is 116 cm³/mol. The molecule has 0 bridgehead atoms.